The molecule has 9 rings (SSSR count). The monoisotopic (exact) mass is 834 g/mol. The van der Waals surface area contributed by atoms with Crippen molar-refractivity contribution in [2.45, 2.75) is 72.4 Å². The van der Waals surface area contributed by atoms with Gasteiger partial charge in [0.25, 0.3) is 0 Å². The van der Waals surface area contributed by atoms with E-state index < -0.39 is 32.8 Å². The maximum Gasteiger partial charge on any atom is 0.149 e. The maximum atomic E-state index is 12.3. The van der Waals surface area contributed by atoms with Gasteiger partial charge in [0.2, 0.25) is 0 Å². The Hall–Kier alpha value is -7.04. The number of imidazole rings is 1. The van der Waals surface area contributed by atoms with Crippen LogP contribution in [0, 0.1) is 6.85 Å². The van der Waals surface area contributed by atoms with Crippen molar-refractivity contribution in [3.63, 3.8) is 0 Å². The van der Waals surface area contributed by atoms with Gasteiger partial charge in [-0.05, 0) is 140 Å². The summed E-state index contributed by atoms with van der Waals surface area (Å²) in [6, 6.07) is 50.1. The van der Waals surface area contributed by atoms with Crippen LogP contribution in [0.15, 0.2) is 170 Å². The lowest BCUT2D eigenvalue weighted by Gasteiger charge is -2.19. The summed E-state index contributed by atoms with van der Waals surface area (Å²) < 4.78 is 102. The first-order valence-electron chi connectivity index (χ1n) is 27.2. The molecule has 2 aromatic heterocycles. The molecule has 7 aromatic carbocycles. The molecule has 0 bridgehead atoms. The molecule has 4 nitrogen and oxygen atoms in total. The molecule has 0 radical (unpaired) electrons. The first kappa shape index (κ1) is 29.3. The van der Waals surface area contributed by atoms with Gasteiger partial charge in [0.05, 0.1) is 22.3 Å². The molecule has 1 N–H and O–H groups in total. The number of aryl methyl sites for hydroxylation is 1. The number of aromatic nitrogens is 3. The van der Waals surface area contributed by atoms with Gasteiger partial charge in [-0.2, -0.15) is 0 Å². The van der Waals surface area contributed by atoms with Crippen molar-refractivity contribution < 1.29 is 21.6 Å². The van der Waals surface area contributed by atoms with Crippen LogP contribution in [0.1, 0.15) is 98.8 Å². The number of rotatable bonds is 9. The lowest BCUT2D eigenvalue weighted by atomic mass is 9.86. The average Bonchev–Trinajstić information content (AvgIpc) is 3.75. The van der Waals surface area contributed by atoms with Crippen molar-refractivity contribution in [2.24, 2.45) is 0 Å². The van der Waals surface area contributed by atoms with E-state index >= 15 is 0 Å². The fourth-order valence-electron chi connectivity index (χ4n) is 8.34. The summed E-state index contributed by atoms with van der Waals surface area (Å²) in [5.41, 5.74) is 8.14. The molecule has 0 amide bonds. The van der Waals surface area contributed by atoms with Crippen LogP contribution in [0.25, 0.3) is 83.9 Å². The summed E-state index contributed by atoms with van der Waals surface area (Å²) >= 11 is 0. The Morgan fingerprint density at radius 3 is 1.89 bits per heavy atom. The number of hydrogen-bond acceptors (Lipinski definition) is 3. The smallest absolute Gasteiger partial charge is 0.149 e. The number of benzene rings is 7. The Kier molecular flexibility index (Phi) is 7.75. The number of pyridine rings is 1. The minimum absolute atomic E-state index is 0.0335. The van der Waals surface area contributed by atoms with E-state index in [1.807, 2.05) is 134 Å². The topological polar surface area (TPSA) is 50.9 Å². The minimum Gasteiger partial charge on any atom is -0.507 e. The zero-order valence-corrected chi connectivity index (χ0v) is 35.6. The van der Waals surface area contributed by atoms with Crippen molar-refractivity contribution in [1.29, 1.82) is 0 Å². The summed E-state index contributed by atoms with van der Waals surface area (Å²) in [6.07, 6.45) is 1.64. The lowest BCUT2D eigenvalue weighted by Crippen LogP contribution is -2.10. The third kappa shape index (κ3) is 8.22. The fraction of sp³-hybridized carbons (Fsp3) is 0.186. The van der Waals surface area contributed by atoms with Gasteiger partial charge in [-0.15, -0.1) is 0 Å². The van der Waals surface area contributed by atoms with E-state index in [1.54, 1.807) is 24.4 Å². The molecule has 2 heterocycles. The third-order valence-electron chi connectivity index (χ3n) is 11.7. The van der Waals surface area contributed by atoms with Crippen molar-refractivity contribution in [2.75, 3.05) is 0 Å². The quantitative estimate of drug-likeness (QED) is 0.158. The molecule has 63 heavy (non-hydrogen) atoms. The molecule has 0 unspecified atom stereocenters. The number of aromatic hydroxyl groups is 1. The van der Waals surface area contributed by atoms with Crippen molar-refractivity contribution >= 4 is 11.0 Å². The predicted molar refractivity (Wildman–Crippen MR) is 265 cm³/mol. The SMILES string of the molecule is [2H]C([2H])([2H])c1cc(-c2ccccc2)cc(-n2c(-c3cc(C(C)C)cc(C(C)C)c3O)nc3c(-c4cc(-c5ccccc5)cc(-c5cc(-c6ccc(C(C([2H])([2H])[2H])(C([2H])([2H])[2H])C([2H])([2H])[2H])cc6)ccn5)c4)cccc32)c1. The summed E-state index contributed by atoms with van der Waals surface area (Å²) in [5.74, 6) is 0.583. The molecule has 0 fully saturated rings. The zero-order chi connectivity index (χ0) is 54.0. The van der Waals surface area contributed by atoms with Gasteiger partial charge < -0.3 is 5.11 Å². The summed E-state index contributed by atoms with van der Waals surface area (Å²) in [4.78, 5) is 10.3. The first-order valence-corrected chi connectivity index (χ1v) is 21.2. The van der Waals surface area contributed by atoms with E-state index in [4.69, 9.17) is 26.4 Å². The Morgan fingerprint density at radius 2 is 1.22 bits per heavy atom. The Balaban J connectivity index is 1.27. The minimum atomic E-state index is -3.39. The second-order valence-corrected chi connectivity index (χ2v) is 16.8. The molecule has 0 aliphatic heterocycles. The van der Waals surface area contributed by atoms with Gasteiger partial charge in [-0.25, -0.2) is 4.98 Å². The highest BCUT2D eigenvalue weighted by molar-refractivity contribution is 5.98. The molecule has 0 saturated heterocycles. The van der Waals surface area contributed by atoms with Crippen LogP contribution in [-0.2, 0) is 5.41 Å². The largest absolute Gasteiger partial charge is 0.507 e. The summed E-state index contributed by atoms with van der Waals surface area (Å²) in [6.45, 7) is -4.37. The average molecular weight is 834 g/mol. The molecular formula is C59H55N3O. The van der Waals surface area contributed by atoms with E-state index in [0.717, 1.165) is 44.5 Å². The standard InChI is InChI=1S/C59H55N3O/c1-37(2)44-34-52(38(3)4)57(63)53(35-44)58-61-56-51(20-15-21-55(56)62(58)50-29-39(5)28-45(33-50)40-16-11-9-12-17-40)47-30-46(41-18-13-10-14-19-41)31-48(32-47)54-36-43(26-27-60-54)42-22-24-49(25-23-42)59(6,7)8/h9-38,63H,1-8H3/i5D3,6D3,7D3,8D3. The lowest BCUT2D eigenvalue weighted by molar-refractivity contribution is 0.466. The van der Waals surface area contributed by atoms with E-state index in [-0.39, 0.29) is 28.7 Å². The van der Waals surface area contributed by atoms with Crippen LogP contribution >= 0.6 is 0 Å². The van der Waals surface area contributed by atoms with Gasteiger partial charge in [0, 0.05) is 39.5 Å². The van der Waals surface area contributed by atoms with Crippen molar-refractivity contribution in [3.05, 3.63) is 192 Å². The van der Waals surface area contributed by atoms with Crippen LogP contribution in [0.3, 0.4) is 0 Å². The van der Waals surface area contributed by atoms with Crippen LogP contribution in [0.5, 0.6) is 5.75 Å². The van der Waals surface area contributed by atoms with E-state index in [0.29, 0.717) is 50.5 Å². The zero-order valence-electron chi connectivity index (χ0n) is 47.6. The Labute approximate surface area is 389 Å². The highest BCUT2D eigenvalue weighted by atomic mass is 16.3. The van der Waals surface area contributed by atoms with Crippen LogP contribution in [0.2, 0.25) is 0 Å². The number of fused-ring (bicyclic) bond motifs is 1. The fourth-order valence-corrected chi connectivity index (χ4v) is 8.34. The van der Waals surface area contributed by atoms with E-state index in [2.05, 4.69) is 19.9 Å². The maximum absolute atomic E-state index is 12.3. The molecule has 9 aromatic rings. The number of phenols is 1. The number of hydrogen-bond donors (Lipinski definition) is 1. The van der Waals surface area contributed by atoms with Gasteiger partial charge >= 0.3 is 0 Å². The van der Waals surface area contributed by atoms with E-state index in [9.17, 15) is 5.11 Å². The summed E-state index contributed by atoms with van der Waals surface area (Å²) in [5, 5.41) is 12.3. The Morgan fingerprint density at radius 1 is 0.556 bits per heavy atom. The van der Waals surface area contributed by atoms with Gasteiger partial charge in [0.1, 0.15) is 11.6 Å². The van der Waals surface area contributed by atoms with Crippen molar-refractivity contribution in [3.8, 4) is 78.6 Å². The molecule has 4 heteroatoms. The third-order valence-corrected chi connectivity index (χ3v) is 11.7. The normalized spacial score (nSPS) is 15.5. The molecule has 0 atom stereocenters. The highest BCUT2D eigenvalue weighted by Crippen LogP contribution is 2.44. The molecule has 0 spiro atoms. The van der Waals surface area contributed by atoms with E-state index in [1.165, 1.54) is 24.3 Å². The molecule has 312 valence electrons. The first-order chi connectivity index (χ1) is 35.3. The molecule has 0 aliphatic rings. The molecule has 0 aliphatic carbocycles. The molecule has 0 saturated carbocycles. The van der Waals surface area contributed by atoms with Crippen molar-refractivity contribution in [1.82, 2.24) is 14.5 Å². The summed E-state index contributed by atoms with van der Waals surface area (Å²) in [7, 11) is 0. The molecular weight excluding hydrogens is 767 g/mol. The second kappa shape index (κ2) is 16.7. The van der Waals surface area contributed by atoms with Crippen LogP contribution < -0.4 is 0 Å². The van der Waals surface area contributed by atoms with Crippen LogP contribution in [-0.4, -0.2) is 19.6 Å². The second-order valence-electron chi connectivity index (χ2n) is 16.8. The number of phenolic OH excluding ortho intramolecular Hbond substituents is 1. The van der Waals surface area contributed by atoms with Crippen LogP contribution in [0.4, 0.5) is 0 Å². The highest BCUT2D eigenvalue weighted by Gasteiger charge is 2.24. The Bertz CT molecular complexity index is 3520. The van der Waals surface area contributed by atoms with Gasteiger partial charge in [0.15, 0.2) is 0 Å². The number of nitrogens with zero attached hydrogens (tertiary/aromatic N) is 3. The number of para-hydroxylation sites is 1. The van der Waals surface area contributed by atoms with Gasteiger partial charge in [-0.3, -0.25) is 9.55 Å². The van der Waals surface area contributed by atoms with Gasteiger partial charge in [-0.1, -0.05) is 157 Å². The predicted octanol–water partition coefficient (Wildman–Crippen LogP) is 16.0.